The van der Waals surface area contributed by atoms with Gasteiger partial charge in [0.1, 0.15) is 6.23 Å². The summed E-state index contributed by atoms with van der Waals surface area (Å²) in [5.41, 5.74) is 10.1. The number of rotatable bonds is 17. The van der Waals surface area contributed by atoms with Crippen molar-refractivity contribution in [3.8, 4) is 0 Å². The second-order valence-electron chi connectivity index (χ2n) is 5.71. The molecule has 0 aliphatic carbocycles. The molecule has 0 fully saturated rings. The van der Waals surface area contributed by atoms with Gasteiger partial charge in [0.15, 0.2) is 0 Å². The van der Waals surface area contributed by atoms with Crippen molar-refractivity contribution < 1.29 is 36.1 Å². The van der Waals surface area contributed by atoms with Gasteiger partial charge < -0.3 is 48.7 Å². The zero-order valence-electron chi connectivity index (χ0n) is 17.1. The normalized spacial score (nSPS) is 12.0. The van der Waals surface area contributed by atoms with Crippen LogP contribution in [0.1, 0.15) is 19.3 Å². The average Bonchev–Trinajstić information content (AvgIpc) is 2.68. The third-order valence-electron chi connectivity index (χ3n) is 3.86. The molecular formula is C14H34N4O8Si2. The fraction of sp³-hybridized carbons (Fsp3) is 0.857. The predicted octanol–water partition coefficient (Wildman–Crippen LogP) is -0.471. The van der Waals surface area contributed by atoms with Gasteiger partial charge in [-0.3, -0.25) is 0 Å². The van der Waals surface area contributed by atoms with Crippen LogP contribution in [0, 0.1) is 0 Å². The summed E-state index contributed by atoms with van der Waals surface area (Å²) in [5, 5.41) is 5.02. The number of nitrogens with two attached hydrogens (primary N) is 2. The van der Waals surface area contributed by atoms with E-state index in [0.717, 1.165) is 0 Å². The average molecular weight is 443 g/mol. The zero-order chi connectivity index (χ0) is 21.5. The molecule has 0 spiro atoms. The second-order valence-corrected chi connectivity index (χ2v) is 11.4. The Morgan fingerprint density at radius 3 is 1.71 bits per heavy atom. The molecule has 0 rings (SSSR count). The molecule has 0 heterocycles. The topological polar surface area (TPSA) is 166 Å². The van der Waals surface area contributed by atoms with E-state index in [9.17, 15) is 9.59 Å². The fourth-order valence-electron chi connectivity index (χ4n) is 2.22. The minimum absolute atomic E-state index is 0.0523. The largest absolute Gasteiger partial charge is 0.526 e. The van der Waals surface area contributed by atoms with Gasteiger partial charge in [0.25, 0.3) is 0 Å². The van der Waals surface area contributed by atoms with E-state index in [2.05, 4.69) is 10.6 Å². The zero-order valence-corrected chi connectivity index (χ0v) is 19.1. The van der Waals surface area contributed by atoms with Gasteiger partial charge in [-0.05, 0) is 19.3 Å². The molecule has 12 nitrogen and oxygen atoms in total. The van der Waals surface area contributed by atoms with E-state index < -0.39 is 29.7 Å². The summed E-state index contributed by atoms with van der Waals surface area (Å²) in [7, 11) is -0.0718. The van der Waals surface area contributed by atoms with Gasteiger partial charge in [-0.15, -0.1) is 0 Å². The smallest absolute Gasteiger partial charge is 0.377 e. The van der Waals surface area contributed by atoms with Crippen molar-refractivity contribution in [2.75, 3.05) is 54.4 Å². The lowest BCUT2D eigenvalue weighted by atomic mass is 10.3. The molecule has 4 amide bonds. The van der Waals surface area contributed by atoms with E-state index >= 15 is 0 Å². The maximum atomic E-state index is 10.8. The molecule has 0 aliphatic rings. The van der Waals surface area contributed by atoms with E-state index in [-0.39, 0.29) is 6.23 Å². The van der Waals surface area contributed by atoms with Crippen LogP contribution in [-0.2, 0) is 26.6 Å². The van der Waals surface area contributed by atoms with E-state index in [1.165, 1.54) is 28.4 Å². The second kappa shape index (κ2) is 14.7. The molecule has 0 saturated heterocycles. The first-order valence-corrected chi connectivity index (χ1v) is 12.7. The molecule has 6 N–H and O–H groups in total. The maximum Gasteiger partial charge on any atom is 0.526 e. The highest BCUT2D eigenvalue weighted by Gasteiger charge is 2.46. The SMILES string of the molecule is CO[Si](CCCNC(N)=O)(OC)OC[Si](OC)(OC)OCCCCNC(N)=O. The van der Waals surface area contributed by atoms with Crippen molar-refractivity contribution in [2.24, 2.45) is 11.5 Å². The number of carbonyl (C=O) groups is 2. The number of hydrogen-bond acceptors (Lipinski definition) is 8. The first-order chi connectivity index (χ1) is 13.3. The van der Waals surface area contributed by atoms with Crippen molar-refractivity contribution in [2.45, 2.75) is 25.3 Å². The van der Waals surface area contributed by atoms with Gasteiger partial charge in [0.05, 0.1) is 0 Å². The first kappa shape index (κ1) is 26.7. The van der Waals surface area contributed by atoms with E-state index in [0.29, 0.717) is 45.0 Å². The Morgan fingerprint density at radius 1 is 0.750 bits per heavy atom. The summed E-state index contributed by atoms with van der Waals surface area (Å²) >= 11 is 0. The highest BCUT2D eigenvalue weighted by molar-refractivity contribution is 6.64. The molecule has 0 atom stereocenters. The summed E-state index contributed by atoms with van der Waals surface area (Å²) in [6.45, 7) is 1.22. The number of primary amides is 2. The minimum Gasteiger partial charge on any atom is -0.377 e. The summed E-state index contributed by atoms with van der Waals surface area (Å²) in [6.07, 6.45) is 2.00. The van der Waals surface area contributed by atoms with Gasteiger partial charge in [-0.25, -0.2) is 9.59 Å². The van der Waals surface area contributed by atoms with Crippen LogP contribution >= 0.6 is 0 Å². The van der Waals surface area contributed by atoms with Crippen LogP contribution in [0.5, 0.6) is 0 Å². The van der Waals surface area contributed by atoms with E-state index in [4.69, 9.17) is 38.0 Å². The van der Waals surface area contributed by atoms with Gasteiger partial charge in [-0.2, -0.15) is 0 Å². The lowest BCUT2D eigenvalue weighted by Crippen LogP contribution is -2.55. The van der Waals surface area contributed by atoms with Crippen molar-refractivity contribution in [3.05, 3.63) is 0 Å². The first-order valence-electron chi connectivity index (χ1n) is 8.83. The van der Waals surface area contributed by atoms with Crippen LogP contribution < -0.4 is 22.1 Å². The number of hydrogen-bond donors (Lipinski definition) is 4. The highest BCUT2D eigenvalue weighted by Crippen LogP contribution is 2.19. The molecule has 0 radical (unpaired) electrons. The van der Waals surface area contributed by atoms with Crippen molar-refractivity contribution in [3.63, 3.8) is 0 Å². The van der Waals surface area contributed by atoms with Crippen LogP contribution in [0.2, 0.25) is 6.04 Å². The predicted molar refractivity (Wildman–Crippen MR) is 105 cm³/mol. The standard InChI is InChI=1S/C14H34N4O8Si2/c1-21-27(22-2,11-7-9-18-14(16)20)26-12-28(23-3,24-4)25-10-6-5-8-17-13(15)19/h5-12H2,1-4H3,(H3,15,17,19)(H3,16,18,20). The number of carbonyl (C=O) groups excluding carboxylic acids is 2. The molecule has 0 saturated carbocycles. The van der Waals surface area contributed by atoms with Crippen LogP contribution in [0.3, 0.4) is 0 Å². The van der Waals surface area contributed by atoms with Gasteiger partial charge >= 0.3 is 29.7 Å². The number of urea groups is 2. The highest BCUT2D eigenvalue weighted by atomic mass is 28.4. The van der Waals surface area contributed by atoms with Crippen LogP contribution in [-0.4, -0.2) is 84.0 Å². The van der Waals surface area contributed by atoms with Crippen molar-refractivity contribution in [1.29, 1.82) is 0 Å². The molecule has 0 unspecified atom stereocenters. The fourth-order valence-corrected chi connectivity index (χ4v) is 6.55. The number of unbranched alkanes of at least 4 members (excludes halogenated alkanes) is 1. The molecule has 0 aliphatic heterocycles. The quantitative estimate of drug-likeness (QED) is 0.173. The van der Waals surface area contributed by atoms with Crippen LogP contribution in [0.4, 0.5) is 9.59 Å². The molecule has 0 aromatic rings. The van der Waals surface area contributed by atoms with Crippen LogP contribution in [0.25, 0.3) is 0 Å². The Morgan fingerprint density at radius 2 is 1.25 bits per heavy atom. The molecular weight excluding hydrogens is 408 g/mol. The van der Waals surface area contributed by atoms with Gasteiger partial charge in [0, 0.05) is 54.2 Å². The van der Waals surface area contributed by atoms with Gasteiger partial charge in [0.2, 0.25) is 0 Å². The lowest BCUT2D eigenvalue weighted by molar-refractivity contribution is 0.0488. The van der Waals surface area contributed by atoms with E-state index in [1.54, 1.807) is 0 Å². The summed E-state index contributed by atoms with van der Waals surface area (Å²) in [6, 6.07) is -0.678. The maximum absolute atomic E-state index is 10.8. The Labute approximate surface area is 168 Å². The monoisotopic (exact) mass is 442 g/mol. The molecule has 14 heteroatoms. The third kappa shape index (κ3) is 10.9. The Bertz CT molecular complexity index is 453. The van der Waals surface area contributed by atoms with E-state index in [1.807, 2.05) is 0 Å². The number of amides is 4. The Balaban J connectivity index is 4.58. The summed E-state index contributed by atoms with van der Waals surface area (Å²) in [5.74, 6) is 0. The van der Waals surface area contributed by atoms with Crippen molar-refractivity contribution in [1.82, 2.24) is 10.6 Å². The summed E-state index contributed by atoms with van der Waals surface area (Å²) < 4.78 is 33.8. The molecule has 28 heavy (non-hydrogen) atoms. The Hall–Kier alpha value is -1.27. The third-order valence-corrected chi connectivity index (χ3v) is 9.33. The molecule has 0 aromatic carbocycles. The molecule has 0 bridgehead atoms. The number of nitrogens with one attached hydrogen (secondary N) is 2. The molecule has 166 valence electrons. The Kier molecular flexibility index (Phi) is 14.0. The minimum atomic E-state index is -3.08. The summed E-state index contributed by atoms with van der Waals surface area (Å²) in [4.78, 5) is 21.4. The van der Waals surface area contributed by atoms with Crippen molar-refractivity contribution >= 4 is 29.7 Å². The molecule has 0 aromatic heterocycles. The van der Waals surface area contributed by atoms with Crippen LogP contribution in [0.15, 0.2) is 0 Å². The lowest BCUT2D eigenvalue weighted by Gasteiger charge is -2.31. The van der Waals surface area contributed by atoms with Gasteiger partial charge in [-0.1, -0.05) is 0 Å².